The number of carbonyl (C=O) groups excluding carboxylic acids is 1. The smallest absolute Gasteiger partial charge is 0.145 e. The maximum absolute atomic E-state index is 10.6. The first-order valence-electron chi connectivity index (χ1n) is 11.2. The summed E-state index contributed by atoms with van der Waals surface area (Å²) in [6, 6.07) is 0. The Bertz CT molecular complexity index is 887. The molecule has 0 aromatic rings. The Hall–Kier alpha value is -2.67. The zero-order chi connectivity index (χ0) is 23.3. The van der Waals surface area contributed by atoms with E-state index in [4.69, 9.17) is 0 Å². The summed E-state index contributed by atoms with van der Waals surface area (Å²) in [6.07, 6.45) is 29.5. The number of carbonyl (C=O) groups is 1. The molecule has 0 heterocycles. The van der Waals surface area contributed by atoms with Gasteiger partial charge in [-0.25, -0.2) is 0 Å². The van der Waals surface area contributed by atoms with E-state index in [1.807, 2.05) is 43.4 Å². The third-order valence-electron chi connectivity index (χ3n) is 5.51. The van der Waals surface area contributed by atoms with Gasteiger partial charge < -0.3 is 0 Å². The quantitative estimate of drug-likeness (QED) is 0.209. The Morgan fingerprint density at radius 2 is 1.23 bits per heavy atom. The van der Waals surface area contributed by atoms with E-state index in [9.17, 15) is 4.79 Å². The van der Waals surface area contributed by atoms with Crippen molar-refractivity contribution in [2.75, 3.05) is 0 Å². The van der Waals surface area contributed by atoms with Crippen LogP contribution < -0.4 is 0 Å². The molecule has 1 aliphatic rings. The fourth-order valence-electron chi connectivity index (χ4n) is 3.55. The van der Waals surface area contributed by atoms with Gasteiger partial charge in [-0.05, 0) is 70.4 Å². The van der Waals surface area contributed by atoms with Gasteiger partial charge in [0, 0.05) is 0 Å². The van der Waals surface area contributed by atoms with Crippen molar-refractivity contribution in [2.24, 2.45) is 5.41 Å². The van der Waals surface area contributed by atoms with Crippen LogP contribution >= 0.6 is 0 Å². The van der Waals surface area contributed by atoms with E-state index in [1.165, 1.54) is 41.6 Å². The summed E-state index contributed by atoms with van der Waals surface area (Å²) in [5.74, 6) is 0. The van der Waals surface area contributed by atoms with Crippen LogP contribution in [0.15, 0.2) is 106 Å². The van der Waals surface area contributed by atoms with Crippen LogP contribution in [-0.2, 0) is 4.79 Å². The monoisotopic (exact) mass is 416 g/mol. The SMILES string of the molecule is CC1=C(/C=C/C(C)=C/C=C/C(C)=C/C=C/C=C(C)/C=C/C=C(/C)C=O)C(C)(C)CCC1. The van der Waals surface area contributed by atoms with Crippen LogP contribution in [-0.4, -0.2) is 6.29 Å². The van der Waals surface area contributed by atoms with E-state index in [1.54, 1.807) is 6.92 Å². The second-order valence-corrected chi connectivity index (χ2v) is 9.13. The molecular weight excluding hydrogens is 376 g/mol. The molecule has 0 spiro atoms. The van der Waals surface area contributed by atoms with Crippen LogP contribution in [0.1, 0.15) is 67.7 Å². The minimum Gasteiger partial charge on any atom is -0.298 e. The van der Waals surface area contributed by atoms with Gasteiger partial charge in [0.05, 0.1) is 0 Å². The molecule has 1 aliphatic carbocycles. The van der Waals surface area contributed by atoms with Gasteiger partial charge in [0.2, 0.25) is 0 Å². The molecule has 0 saturated carbocycles. The van der Waals surface area contributed by atoms with Gasteiger partial charge in [-0.1, -0.05) is 109 Å². The zero-order valence-corrected chi connectivity index (χ0v) is 20.5. The molecule has 1 heteroatoms. The Morgan fingerprint density at radius 3 is 1.74 bits per heavy atom. The lowest BCUT2D eigenvalue weighted by Gasteiger charge is -2.32. The van der Waals surface area contributed by atoms with Gasteiger partial charge in [0.15, 0.2) is 0 Å². The minimum absolute atomic E-state index is 0.286. The fourth-order valence-corrected chi connectivity index (χ4v) is 3.55. The van der Waals surface area contributed by atoms with Crippen molar-refractivity contribution in [3.63, 3.8) is 0 Å². The van der Waals surface area contributed by atoms with Crippen molar-refractivity contribution < 1.29 is 4.79 Å². The molecule has 0 amide bonds. The van der Waals surface area contributed by atoms with E-state index in [2.05, 4.69) is 71.1 Å². The Balaban J connectivity index is 2.65. The second kappa shape index (κ2) is 13.6. The number of hydrogen-bond donors (Lipinski definition) is 0. The lowest BCUT2D eigenvalue weighted by Crippen LogP contribution is -2.19. The van der Waals surface area contributed by atoms with Crippen LogP contribution in [0.4, 0.5) is 0 Å². The van der Waals surface area contributed by atoms with E-state index >= 15 is 0 Å². The van der Waals surface area contributed by atoms with E-state index in [0.717, 1.165) is 17.4 Å². The van der Waals surface area contributed by atoms with Gasteiger partial charge in [-0.2, -0.15) is 0 Å². The summed E-state index contributed by atoms with van der Waals surface area (Å²) in [6.45, 7) is 15.1. The van der Waals surface area contributed by atoms with Crippen LogP contribution in [0.3, 0.4) is 0 Å². The van der Waals surface area contributed by atoms with Crippen LogP contribution in [0.25, 0.3) is 0 Å². The Labute approximate surface area is 190 Å². The average molecular weight is 417 g/mol. The molecule has 0 aliphatic heterocycles. The molecule has 166 valence electrons. The number of rotatable bonds is 9. The van der Waals surface area contributed by atoms with Crippen LogP contribution in [0.2, 0.25) is 0 Å². The predicted molar refractivity (Wildman–Crippen MR) is 138 cm³/mol. The standard InChI is InChI=1S/C30H40O/c1-24(13-8-9-14-25(2)16-11-18-27(4)23-31)15-10-17-26(3)20-21-29-28(5)19-12-22-30(29,6)7/h8-11,13-18,20-21,23H,12,19,22H2,1-7H3/b9-8+,15-10+,16-11+,21-20+,24-13+,25-14+,26-17+,27-18-. The molecule has 0 fully saturated rings. The largest absolute Gasteiger partial charge is 0.298 e. The molecule has 0 radical (unpaired) electrons. The predicted octanol–water partition coefficient (Wildman–Crippen LogP) is 8.72. The maximum Gasteiger partial charge on any atom is 0.145 e. The Kier molecular flexibility index (Phi) is 11.6. The Morgan fingerprint density at radius 1 is 0.742 bits per heavy atom. The van der Waals surface area contributed by atoms with Crippen LogP contribution in [0.5, 0.6) is 0 Å². The van der Waals surface area contributed by atoms with E-state index in [0.29, 0.717) is 0 Å². The summed E-state index contributed by atoms with van der Waals surface area (Å²) >= 11 is 0. The fraction of sp³-hybridized carbons (Fsp3) is 0.367. The van der Waals surface area contributed by atoms with Crippen molar-refractivity contribution in [3.05, 3.63) is 106 Å². The molecule has 0 aromatic carbocycles. The first kappa shape index (κ1) is 26.4. The summed E-state index contributed by atoms with van der Waals surface area (Å²) in [5.41, 5.74) is 7.62. The summed E-state index contributed by atoms with van der Waals surface area (Å²) < 4.78 is 0. The molecular formula is C30H40O. The first-order chi connectivity index (χ1) is 14.7. The van der Waals surface area contributed by atoms with Gasteiger partial charge in [0.1, 0.15) is 6.29 Å². The lowest BCUT2D eigenvalue weighted by atomic mass is 9.72. The molecule has 0 aromatic heterocycles. The number of hydrogen-bond acceptors (Lipinski definition) is 1. The average Bonchev–Trinajstić information content (AvgIpc) is 2.70. The molecule has 0 unspecified atom stereocenters. The highest BCUT2D eigenvalue weighted by Crippen LogP contribution is 2.40. The highest BCUT2D eigenvalue weighted by Gasteiger charge is 2.26. The summed E-state index contributed by atoms with van der Waals surface area (Å²) in [7, 11) is 0. The molecule has 31 heavy (non-hydrogen) atoms. The van der Waals surface area contributed by atoms with Gasteiger partial charge in [-0.15, -0.1) is 0 Å². The maximum atomic E-state index is 10.6. The third kappa shape index (κ3) is 10.8. The molecule has 0 bridgehead atoms. The molecule has 1 rings (SSSR count). The normalized spacial score (nSPS) is 19.6. The minimum atomic E-state index is 0.286. The number of allylic oxidation sites excluding steroid dienone is 18. The summed E-state index contributed by atoms with van der Waals surface area (Å²) in [5, 5.41) is 0. The first-order valence-corrected chi connectivity index (χ1v) is 11.2. The highest BCUT2D eigenvalue weighted by molar-refractivity contribution is 5.72. The van der Waals surface area contributed by atoms with E-state index in [-0.39, 0.29) is 5.41 Å². The van der Waals surface area contributed by atoms with E-state index < -0.39 is 0 Å². The van der Waals surface area contributed by atoms with Crippen molar-refractivity contribution in [1.29, 1.82) is 0 Å². The van der Waals surface area contributed by atoms with Crippen molar-refractivity contribution in [3.8, 4) is 0 Å². The molecule has 1 nitrogen and oxygen atoms in total. The third-order valence-corrected chi connectivity index (χ3v) is 5.51. The highest BCUT2D eigenvalue weighted by atomic mass is 16.1. The molecule has 0 N–H and O–H groups in total. The molecule has 0 saturated heterocycles. The second-order valence-electron chi connectivity index (χ2n) is 9.13. The van der Waals surface area contributed by atoms with Gasteiger partial charge in [-0.3, -0.25) is 4.79 Å². The zero-order valence-electron chi connectivity index (χ0n) is 20.5. The van der Waals surface area contributed by atoms with Crippen molar-refractivity contribution >= 4 is 6.29 Å². The molecule has 0 atom stereocenters. The number of aldehydes is 1. The van der Waals surface area contributed by atoms with Crippen molar-refractivity contribution in [2.45, 2.75) is 67.7 Å². The van der Waals surface area contributed by atoms with Crippen molar-refractivity contribution in [1.82, 2.24) is 0 Å². The van der Waals surface area contributed by atoms with Gasteiger partial charge in [0.25, 0.3) is 0 Å². The topological polar surface area (TPSA) is 17.1 Å². The lowest BCUT2D eigenvalue weighted by molar-refractivity contribution is -0.104. The summed E-state index contributed by atoms with van der Waals surface area (Å²) in [4.78, 5) is 10.6. The van der Waals surface area contributed by atoms with Gasteiger partial charge >= 0.3 is 0 Å². The van der Waals surface area contributed by atoms with Crippen LogP contribution in [0, 0.1) is 5.41 Å².